The first-order valence-electron chi connectivity index (χ1n) is 5.51. The molecule has 0 aliphatic carbocycles. The number of esters is 1. The van der Waals surface area contributed by atoms with Crippen molar-refractivity contribution in [3.63, 3.8) is 0 Å². The van der Waals surface area contributed by atoms with Gasteiger partial charge in [-0.25, -0.2) is 4.79 Å². The van der Waals surface area contributed by atoms with Crippen molar-refractivity contribution in [2.24, 2.45) is 0 Å². The second-order valence-corrected chi connectivity index (χ2v) is 4.61. The quantitative estimate of drug-likeness (QED) is 0.527. The number of hydrogen-bond donors (Lipinski definition) is 1. The number of aromatic nitrogens is 1. The van der Waals surface area contributed by atoms with Gasteiger partial charge in [0.25, 0.3) is 5.78 Å². The highest BCUT2D eigenvalue weighted by atomic mass is 35.5. The van der Waals surface area contributed by atoms with Crippen LogP contribution in [0.25, 0.3) is 10.9 Å². The van der Waals surface area contributed by atoms with Crippen LogP contribution in [0.5, 0.6) is 0 Å². The Balaban J connectivity index is 2.39. The summed E-state index contributed by atoms with van der Waals surface area (Å²) in [4.78, 5) is 26.4. The monoisotopic (exact) mass is 265 g/mol. The number of carbonyl (C=O) groups excluding carboxylic acids is 2. The number of ketones is 1. The smallest absolute Gasteiger partial charge is 0.380 e. The molecule has 1 N–H and O–H groups in total. The van der Waals surface area contributed by atoms with Gasteiger partial charge < -0.3 is 9.72 Å². The Kier molecular flexibility index (Phi) is 3.39. The maximum absolute atomic E-state index is 11.9. The minimum Gasteiger partial charge on any atom is -0.457 e. The van der Waals surface area contributed by atoms with E-state index in [9.17, 15) is 9.59 Å². The Morgan fingerprint density at radius 3 is 2.72 bits per heavy atom. The van der Waals surface area contributed by atoms with Gasteiger partial charge in [-0.15, -0.1) is 0 Å². The summed E-state index contributed by atoms with van der Waals surface area (Å²) in [5.41, 5.74) is 1.03. The van der Waals surface area contributed by atoms with Crippen LogP contribution in [0.2, 0.25) is 5.02 Å². The lowest BCUT2D eigenvalue weighted by Gasteiger charge is -2.06. The number of aromatic amines is 1. The molecule has 18 heavy (non-hydrogen) atoms. The van der Waals surface area contributed by atoms with Crippen molar-refractivity contribution < 1.29 is 14.3 Å². The van der Waals surface area contributed by atoms with Gasteiger partial charge in [0.2, 0.25) is 0 Å². The topological polar surface area (TPSA) is 59.2 Å². The first-order valence-corrected chi connectivity index (χ1v) is 5.89. The molecule has 0 aliphatic heterocycles. The van der Waals surface area contributed by atoms with Crippen molar-refractivity contribution in [1.29, 1.82) is 0 Å². The van der Waals surface area contributed by atoms with Crippen molar-refractivity contribution >= 4 is 34.3 Å². The summed E-state index contributed by atoms with van der Waals surface area (Å²) in [7, 11) is 0. The highest BCUT2D eigenvalue weighted by molar-refractivity contribution is 6.43. The van der Waals surface area contributed by atoms with Crippen molar-refractivity contribution in [2.75, 3.05) is 0 Å². The fraction of sp³-hybridized carbons (Fsp3) is 0.231. The fourth-order valence-electron chi connectivity index (χ4n) is 1.66. The van der Waals surface area contributed by atoms with Crippen LogP contribution >= 0.6 is 11.6 Å². The third-order valence-electron chi connectivity index (χ3n) is 2.42. The lowest BCUT2D eigenvalue weighted by Crippen LogP contribution is -2.20. The molecule has 0 saturated heterocycles. The fourth-order valence-corrected chi connectivity index (χ4v) is 1.83. The Bertz CT molecular complexity index is 616. The lowest BCUT2D eigenvalue weighted by molar-refractivity contribution is -0.141. The molecule has 4 nitrogen and oxygen atoms in total. The van der Waals surface area contributed by atoms with E-state index >= 15 is 0 Å². The number of rotatable bonds is 3. The van der Waals surface area contributed by atoms with Crippen LogP contribution in [-0.4, -0.2) is 22.8 Å². The number of fused-ring (bicyclic) bond motifs is 1. The minimum atomic E-state index is -0.856. The van der Waals surface area contributed by atoms with Crippen LogP contribution in [0.4, 0.5) is 0 Å². The third kappa shape index (κ3) is 2.38. The number of ether oxygens (including phenoxy) is 1. The van der Waals surface area contributed by atoms with Crippen LogP contribution < -0.4 is 0 Å². The number of hydrogen-bond acceptors (Lipinski definition) is 3. The Morgan fingerprint density at radius 2 is 2.06 bits per heavy atom. The number of benzene rings is 1. The normalized spacial score (nSPS) is 10.9. The largest absolute Gasteiger partial charge is 0.457 e. The molecule has 1 aromatic carbocycles. The summed E-state index contributed by atoms with van der Waals surface area (Å²) in [6.07, 6.45) is 1.17. The summed E-state index contributed by atoms with van der Waals surface area (Å²) in [6.45, 7) is 3.38. The van der Waals surface area contributed by atoms with Gasteiger partial charge in [-0.05, 0) is 32.0 Å². The van der Waals surface area contributed by atoms with Crippen LogP contribution in [0.1, 0.15) is 24.2 Å². The van der Waals surface area contributed by atoms with Crippen molar-refractivity contribution in [3.8, 4) is 0 Å². The van der Waals surface area contributed by atoms with Crippen LogP contribution in [0.15, 0.2) is 24.4 Å². The van der Waals surface area contributed by atoms with Gasteiger partial charge in [0.15, 0.2) is 0 Å². The molecule has 0 aliphatic rings. The molecule has 5 heteroatoms. The number of carbonyl (C=O) groups is 2. The molecular weight excluding hydrogens is 254 g/mol. The molecule has 0 spiro atoms. The van der Waals surface area contributed by atoms with E-state index in [1.165, 1.54) is 6.20 Å². The van der Waals surface area contributed by atoms with Gasteiger partial charge in [-0.2, -0.15) is 0 Å². The minimum absolute atomic E-state index is 0.276. The second kappa shape index (κ2) is 4.82. The first-order chi connectivity index (χ1) is 8.49. The second-order valence-electron chi connectivity index (χ2n) is 4.18. The Morgan fingerprint density at radius 1 is 1.33 bits per heavy atom. The molecule has 0 radical (unpaired) electrons. The number of halogens is 1. The van der Waals surface area contributed by atoms with Crippen LogP contribution in [0, 0.1) is 0 Å². The molecule has 1 aromatic heterocycles. The average molecular weight is 266 g/mol. The van der Waals surface area contributed by atoms with Gasteiger partial charge >= 0.3 is 5.97 Å². The maximum atomic E-state index is 11.9. The molecule has 0 bridgehead atoms. The van der Waals surface area contributed by atoms with E-state index in [4.69, 9.17) is 16.3 Å². The van der Waals surface area contributed by atoms with Crippen molar-refractivity contribution in [2.45, 2.75) is 20.0 Å². The van der Waals surface area contributed by atoms with Crippen molar-refractivity contribution in [1.82, 2.24) is 4.98 Å². The zero-order chi connectivity index (χ0) is 13.3. The average Bonchev–Trinajstić information content (AvgIpc) is 2.69. The zero-order valence-corrected chi connectivity index (χ0v) is 10.7. The van der Waals surface area contributed by atoms with E-state index in [1.54, 1.807) is 32.0 Å². The van der Waals surface area contributed by atoms with E-state index in [1.807, 2.05) is 0 Å². The molecule has 0 amide bonds. The number of Topliss-reactive ketones (excluding diaryl/α,β-unsaturated/α-hetero) is 1. The number of H-pyrrole nitrogens is 1. The van der Waals surface area contributed by atoms with E-state index in [-0.39, 0.29) is 11.7 Å². The maximum Gasteiger partial charge on any atom is 0.380 e. The van der Waals surface area contributed by atoms with Gasteiger partial charge in [-0.3, -0.25) is 4.79 Å². The van der Waals surface area contributed by atoms with Crippen molar-refractivity contribution in [3.05, 3.63) is 35.0 Å². The highest BCUT2D eigenvalue weighted by Gasteiger charge is 2.22. The standard InChI is InChI=1S/C13H12ClNO3/c1-7(2)18-13(17)12(16)10-6-15-11-4-3-8(14)5-9(10)11/h3-7,15H,1-2H3. The molecule has 0 fully saturated rings. The summed E-state index contributed by atoms with van der Waals surface area (Å²) in [6, 6.07) is 5.10. The van der Waals surface area contributed by atoms with Gasteiger partial charge in [0, 0.05) is 22.1 Å². The SMILES string of the molecule is CC(C)OC(=O)C(=O)c1c[nH]c2ccc(Cl)cc12. The van der Waals surface area contributed by atoms with Gasteiger partial charge in [-0.1, -0.05) is 11.6 Å². The van der Waals surface area contributed by atoms with Gasteiger partial charge in [0.05, 0.1) is 11.7 Å². The predicted octanol–water partition coefficient (Wildman–Crippen LogP) is 2.96. The molecular formula is C13H12ClNO3. The Hall–Kier alpha value is -1.81. The third-order valence-corrected chi connectivity index (χ3v) is 2.65. The van der Waals surface area contributed by atoms with E-state index < -0.39 is 11.8 Å². The lowest BCUT2D eigenvalue weighted by atomic mass is 10.1. The molecule has 1 heterocycles. The highest BCUT2D eigenvalue weighted by Crippen LogP contribution is 2.23. The summed E-state index contributed by atoms with van der Waals surface area (Å²) >= 11 is 5.87. The zero-order valence-electron chi connectivity index (χ0n) is 9.99. The van der Waals surface area contributed by atoms with Gasteiger partial charge in [0.1, 0.15) is 0 Å². The van der Waals surface area contributed by atoms with Crippen LogP contribution in [0.3, 0.4) is 0 Å². The summed E-state index contributed by atoms with van der Waals surface area (Å²) < 4.78 is 4.88. The van der Waals surface area contributed by atoms with E-state index in [2.05, 4.69) is 4.98 Å². The van der Waals surface area contributed by atoms with Crippen LogP contribution in [-0.2, 0) is 9.53 Å². The number of nitrogens with one attached hydrogen (secondary N) is 1. The summed E-state index contributed by atoms with van der Waals surface area (Å²) in [5.74, 6) is -1.52. The molecule has 2 aromatic rings. The Labute approximate surface area is 109 Å². The molecule has 0 atom stereocenters. The predicted molar refractivity (Wildman–Crippen MR) is 68.9 cm³/mol. The van der Waals surface area contributed by atoms with E-state index in [0.29, 0.717) is 10.4 Å². The first kappa shape index (κ1) is 12.6. The molecule has 0 unspecified atom stereocenters. The molecule has 2 rings (SSSR count). The molecule has 94 valence electrons. The molecule has 0 saturated carbocycles. The van der Waals surface area contributed by atoms with E-state index in [0.717, 1.165) is 5.52 Å². The summed E-state index contributed by atoms with van der Waals surface area (Å²) in [5, 5.41) is 1.13.